The number of hydrogen-bond acceptors (Lipinski definition) is 3. The fraction of sp³-hybridized carbons (Fsp3) is 0.125. The van der Waals surface area contributed by atoms with E-state index < -0.39 is 0 Å². The van der Waals surface area contributed by atoms with Crippen LogP contribution in [0.4, 0.5) is 0 Å². The number of carbonyl (C=O) groups excluding carboxylic acids is 1. The summed E-state index contributed by atoms with van der Waals surface area (Å²) in [5.74, 6) is 0.157. The van der Waals surface area contributed by atoms with Gasteiger partial charge in [0, 0.05) is 18.8 Å². The number of thiophene rings is 1. The molecule has 0 amide bonds. The minimum absolute atomic E-state index is 0.0548. The summed E-state index contributed by atoms with van der Waals surface area (Å²) in [5, 5.41) is 6.22. The number of nitrogens with zero attached hydrogens (tertiary/aromatic N) is 2. The molecule has 100 valence electrons. The Hall–Kier alpha value is -2.20. The topological polar surface area (TPSA) is 34.9 Å². The molecule has 2 heterocycles. The van der Waals surface area contributed by atoms with Gasteiger partial charge >= 0.3 is 0 Å². The molecule has 0 spiro atoms. The van der Waals surface area contributed by atoms with E-state index in [0.29, 0.717) is 6.42 Å². The van der Waals surface area contributed by atoms with Gasteiger partial charge in [0.2, 0.25) is 0 Å². The van der Waals surface area contributed by atoms with Gasteiger partial charge in [-0.05, 0) is 23.1 Å². The summed E-state index contributed by atoms with van der Waals surface area (Å²) in [6.45, 7) is 0. The van der Waals surface area contributed by atoms with Gasteiger partial charge in [0.1, 0.15) is 0 Å². The number of carbonyl (C=O) groups is 1. The molecule has 0 aliphatic heterocycles. The van der Waals surface area contributed by atoms with Gasteiger partial charge in [-0.2, -0.15) is 5.10 Å². The highest BCUT2D eigenvalue weighted by atomic mass is 32.1. The molecule has 2 aromatic heterocycles. The van der Waals surface area contributed by atoms with E-state index in [1.807, 2.05) is 64.8 Å². The number of ketones is 1. The van der Waals surface area contributed by atoms with Crippen LogP contribution in [0.2, 0.25) is 0 Å². The Labute approximate surface area is 121 Å². The van der Waals surface area contributed by atoms with Crippen LogP contribution >= 0.6 is 11.3 Å². The largest absolute Gasteiger partial charge is 0.293 e. The van der Waals surface area contributed by atoms with E-state index in [0.717, 1.165) is 10.4 Å². The molecular formula is C16H14N2OS. The molecular weight excluding hydrogens is 268 g/mol. The van der Waals surface area contributed by atoms with Crippen molar-refractivity contribution >= 4 is 17.1 Å². The first-order valence-corrected chi connectivity index (χ1v) is 7.33. The third kappa shape index (κ3) is 2.70. The van der Waals surface area contributed by atoms with E-state index in [9.17, 15) is 4.79 Å². The number of aromatic nitrogens is 2. The van der Waals surface area contributed by atoms with Crippen LogP contribution in [-0.2, 0) is 0 Å². The Morgan fingerprint density at radius 3 is 2.65 bits per heavy atom. The average Bonchev–Trinajstić information content (AvgIpc) is 3.18. The Kier molecular flexibility index (Phi) is 3.74. The fourth-order valence-electron chi connectivity index (χ4n) is 2.22. The van der Waals surface area contributed by atoms with Crippen LogP contribution in [0.5, 0.6) is 0 Å². The maximum atomic E-state index is 12.4. The molecule has 0 radical (unpaired) electrons. The minimum atomic E-state index is -0.0548. The molecule has 3 nitrogen and oxygen atoms in total. The minimum Gasteiger partial charge on any atom is -0.293 e. The molecule has 0 fully saturated rings. The van der Waals surface area contributed by atoms with Crippen LogP contribution in [0, 0.1) is 0 Å². The molecule has 1 aromatic carbocycles. The average molecular weight is 282 g/mol. The first-order valence-electron chi connectivity index (χ1n) is 6.45. The van der Waals surface area contributed by atoms with Crippen molar-refractivity contribution in [2.45, 2.75) is 12.5 Å². The van der Waals surface area contributed by atoms with Crippen LogP contribution < -0.4 is 0 Å². The molecule has 3 rings (SSSR count). The van der Waals surface area contributed by atoms with Crippen molar-refractivity contribution in [3.05, 3.63) is 76.7 Å². The van der Waals surface area contributed by atoms with E-state index in [-0.39, 0.29) is 11.8 Å². The van der Waals surface area contributed by atoms with Gasteiger partial charge in [0.25, 0.3) is 0 Å². The molecule has 20 heavy (non-hydrogen) atoms. The van der Waals surface area contributed by atoms with Crippen molar-refractivity contribution in [1.82, 2.24) is 9.78 Å². The van der Waals surface area contributed by atoms with Gasteiger partial charge in [-0.15, -0.1) is 11.3 Å². The highest BCUT2D eigenvalue weighted by molar-refractivity contribution is 7.12. The Bertz CT molecular complexity index is 660. The third-order valence-electron chi connectivity index (χ3n) is 3.20. The van der Waals surface area contributed by atoms with Gasteiger partial charge < -0.3 is 0 Å². The SMILES string of the molecule is O=C(CC(c1ccccc1)n1cccn1)c1cccs1. The molecule has 1 atom stereocenters. The Morgan fingerprint density at radius 1 is 1.15 bits per heavy atom. The fourth-order valence-corrected chi connectivity index (χ4v) is 2.89. The van der Waals surface area contributed by atoms with Gasteiger partial charge in [0.05, 0.1) is 10.9 Å². The molecule has 4 heteroatoms. The lowest BCUT2D eigenvalue weighted by Gasteiger charge is -2.17. The second-order valence-corrected chi connectivity index (χ2v) is 5.46. The van der Waals surface area contributed by atoms with Crippen molar-refractivity contribution in [3.63, 3.8) is 0 Å². The van der Waals surface area contributed by atoms with Gasteiger partial charge in [-0.3, -0.25) is 9.48 Å². The predicted molar refractivity (Wildman–Crippen MR) is 80.1 cm³/mol. The van der Waals surface area contributed by atoms with E-state index in [1.54, 1.807) is 6.20 Å². The van der Waals surface area contributed by atoms with Crippen LogP contribution in [0.3, 0.4) is 0 Å². The lowest BCUT2D eigenvalue weighted by molar-refractivity contribution is 0.0971. The van der Waals surface area contributed by atoms with Crippen LogP contribution in [-0.4, -0.2) is 15.6 Å². The maximum absolute atomic E-state index is 12.4. The summed E-state index contributed by atoms with van der Waals surface area (Å²) < 4.78 is 1.85. The zero-order chi connectivity index (χ0) is 13.8. The second kappa shape index (κ2) is 5.84. The molecule has 1 unspecified atom stereocenters. The number of benzene rings is 1. The van der Waals surface area contributed by atoms with Gasteiger partial charge in [-0.1, -0.05) is 36.4 Å². The summed E-state index contributed by atoms with van der Waals surface area (Å²) >= 11 is 1.49. The van der Waals surface area contributed by atoms with Gasteiger partial charge in [-0.25, -0.2) is 0 Å². The van der Waals surface area contributed by atoms with Crippen molar-refractivity contribution in [3.8, 4) is 0 Å². The zero-order valence-electron chi connectivity index (χ0n) is 10.8. The third-order valence-corrected chi connectivity index (χ3v) is 4.11. The molecule has 0 saturated carbocycles. The monoisotopic (exact) mass is 282 g/mol. The quantitative estimate of drug-likeness (QED) is 0.667. The van der Waals surface area contributed by atoms with E-state index in [1.165, 1.54) is 11.3 Å². The lowest BCUT2D eigenvalue weighted by atomic mass is 10.0. The Balaban J connectivity index is 1.89. The summed E-state index contributed by atoms with van der Waals surface area (Å²) in [6.07, 6.45) is 4.07. The molecule has 3 aromatic rings. The smallest absolute Gasteiger partial charge is 0.175 e. The normalized spacial score (nSPS) is 12.2. The van der Waals surface area contributed by atoms with E-state index in [2.05, 4.69) is 5.10 Å². The van der Waals surface area contributed by atoms with Crippen molar-refractivity contribution in [1.29, 1.82) is 0 Å². The highest BCUT2D eigenvalue weighted by Crippen LogP contribution is 2.24. The first kappa shape index (κ1) is 12.8. The highest BCUT2D eigenvalue weighted by Gasteiger charge is 2.19. The maximum Gasteiger partial charge on any atom is 0.175 e. The molecule has 0 saturated heterocycles. The summed E-state index contributed by atoms with van der Waals surface area (Å²) in [4.78, 5) is 13.2. The number of rotatable bonds is 5. The zero-order valence-corrected chi connectivity index (χ0v) is 11.7. The first-order chi connectivity index (χ1) is 9.84. The van der Waals surface area contributed by atoms with E-state index in [4.69, 9.17) is 0 Å². The standard InChI is InChI=1S/C16H14N2OS/c19-15(16-8-4-11-20-16)12-14(18-10-5-9-17-18)13-6-2-1-3-7-13/h1-11,14H,12H2. The molecule has 0 N–H and O–H groups in total. The van der Waals surface area contributed by atoms with Crippen molar-refractivity contribution in [2.24, 2.45) is 0 Å². The molecule has 0 aliphatic rings. The van der Waals surface area contributed by atoms with Crippen LogP contribution in [0.1, 0.15) is 27.7 Å². The lowest BCUT2D eigenvalue weighted by Crippen LogP contribution is -2.15. The number of Topliss-reactive ketones (excluding diaryl/α,β-unsaturated/α-hetero) is 1. The second-order valence-electron chi connectivity index (χ2n) is 4.52. The Morgan fingerprint density at radius 2 is 2.00 bits per heavy atom. The predicted octanol–water partition coefficient (Wildman–Crippen LogP) is 3.81. The van der Waals surface area contributed by atoms with E-state index >= 15 is 0 Å². The van der Waals surface area contributed by atoms with Crippen molar-refractivity contribution in [2.75, 3.05) is 0 Å². The summed E-state index contributed by atoms with van der Waals surface area (Å²) in [5.41, 5.74) is 1.10. The summed E-state index contributed by atoms with van der Waals surface area (Å²) in [7, 11) is 0. The molecule has 0 bridgehead atoms. The number of hydrogen-bond donors (Lipinski definition) is 0. The van der Waals surface area contributed by atoms with Crippen molar-refractivity contribution < 1.29 is 4.79 Å². The summed E-state index contributed by atoms with van der Waals surface area (Å²) in [6, 6.07) is 15.6. The van der Waals surface area contributed by atoms with Gasteiger partial charge in [0.15, 0.2) is 5.78 Å². The van der Waals surface area contributed by atoms with Crippen LogP contribution in [0.25, 0.3) is 0 Å². The molecule has 0 aliphatic carbocycles. The van der Waals surface area contributed by atoms with Crippen LogP contribution in [0.15, 0.2) is 66.3 Å².